The van der Waals surface area contributed by atoms with Gasteiger partial charge in [-0.25, -0.2) is 0 Å². The van der Waals surface area contributed by atoms with Crippen molar-refractivity contribution < 1.29 is 0 Å². The Morgan fingerprint density at radius 1 is 1.43 bits per heavy atom. The Kier molecular flexibility index (Phi) is 5.04. The maximum atomic E-state index is 2.29. The van der Waals surface area contributed by atoms with E-state index in [1.165, 1.54) is 10.6 Å². The van der Waals surface area contributed by atoms with Gasteiger partial charge >= 0.3 is 0 Å². The van der Waals surface area contributed by atoms with Gasteiger partial charge in [0.2, 0.25) is 0 Å². The Balaban J connectivity index is 2.68. The SMILES string of the molecule is C[CH2][Al][CH2]C(C)C. The molecule has 0 nitrogen and oxygen atoms in total. The molecule has 41 valence electrons. The van der Waals surface area contributed by atoms with Crippen LogP contribution in [-0.2, 0) is 0 Å². The minimum atomic E-state index is 0.785. The average molecular weight is 113 g/mol. The standard InChI is InChI=1S/C4H9.C2H5.Al/c1-4(2)3;1-2;/h4H,1H2,2-3H3;1H2,2H3;. The molecule has 0 saturated heterocycles. The topological polar surface area (TPSA) is 0 Å². The summed E-state index contributed by atoms with van der Waals surface area (Å²) in [6, 6.07) is 0. The van der Waals surface area contributed by atoms with E-state index in [-0.39, 0.29) is 0 Å². The van der Waals surface area contributed by atoms with Crippen molar-refractivity contribution >= 4 is 15.2 Å². The smallest absolute Gasteiger partial charge is 0.106 e. The van der Waals surface area contributed by atoms with Gasteiger partial charge in [0, 0.05) is 0 Å². The lowest BCUT2D eigenvalue weighted by molar-refractivity contribution is 0.730. The zero-order valence-electron chi connectivity index (χ0n) is 5.57. The largest absolute Gasteiger partial charge is 0.199 e. The average Bonchev–Trinajstić information content (AvgIpc) is 1.61. The van der Waals surface area contributed by atoms with E-state index in [2.05, 4.69) is 20.8 Å². The molecule has 0 bridgehead atoms. The summed E-state index contributed by atoms with van der Waals surface area (Å²) in [5.41, 5.74) is 0. The molecule has 0 spiro atoms. The quantitative estimate of drug-likeness (QED) is 0.492. The molecule has 0 saturated carbocycles. The van der Waals surface area contributed by atoms with Gasteiger partial charge < -0.3 is 0 Å². The molecule has 0 aliphatic rings. The second kappa shape index (κ2) is 4.69. The number of hydrogen-bond donors (Lipinski definition) is 0. The molecule has 0 unspecified atom stereocenters. The normalized spacial score (nSPS) is 9.71. The first kappa shape index (κ1) is 7.53. The summed E-state index contributed by atoms with van der Waals surface area (Å²) in [6.07, 6.45) is 0. The van der Waals surface area contributed by atoms with Gasteiger partial charge in [-0.15, -0.1) is 10.6 Å². The van der Waals surface area contributed by atoms with Gasteiger partial charge in [-0.1, -0.05) is 26.7 Å². The van der Waals surface area contributed by atoms with Gasteiger partial charge in [0.05, 0.1) is 0 Å². The lowest BCUT2D eigenvalue weighted by Crippen LogP contribution is -1.92. The Morgan fingerprint density at radius 2 is 2.00 bits per heavy atom. The highest BCUT2D eigenvalue weighted by Gasteiger charge is 1.91. The van der Waals surface area contributed by atoms with Crippen LogP contribution in [0.3, 0.4) is 0 Å². The summed E-state index contributed by atoms with van der Waals surface area (Å²) >= 11 is 0.785. The molecule has 0 aromatic heterocycles. The van der Waals surface area contributed by atoms with Crippen LogP contribution in [0.2, 0.25) is 10.6 Å². The van der Waals surface area contributed by atoms with Crippen molar-refractivity contribution in [1.29, 1.82) is 0 Å². The zero-order chi connectivity index (χ0) is 5.70. The second-order valence-electron chi connectivity index (χ2n) is 2.33. The van der Waals surface area contributed by atoms with Crippen LogP contribution in [0.4, 0.5) is 0 Å². The summed E-state index contributed by atoms with van der Waals surface area (Å²) in [5.74, 6) is 0.940. The van der Waals surface area contributed by atoms with Gasteiger partial charge in [0.25, 0.3) is 0 Å². The van der Waals surface area contributed by atoms with Crippen LogP contribution in [0.1, 0.15) is 20.8 Å². The highest BCUT2D eigenvalue weighted by molar-refractivity contribution is 6.35. The van der Waals surface area contributed by atoms with E-state index in [1.54, 1.807) is 0 Å². The predicted octanol–water partition coefficient (Wildman–Crippen LogP) is 2.20. The van der Waals surface area contributed by atoms with Crippen LogP contribution < -0.4 is 0 Å². The van der Waals surface area contributed by atoms with Gasteiger partial charge in [0.15, 0.2) is 15.2 Å². The Labute approximate surface area is 53.0 Å². The van der Waals surface area contributed by atoms with Crippen molar-refractivity contribution in [3.05, 3.63) is 0 Å². The molecule has 0 atom stereocenters. The van der Waals surface area contributed by atoms with Crippen molar-refractivity contribution in [2.75, 3.05) is 0 Å². The molecule has 0 amide bonds. The summed E-state index contributed by atoms with van der Waals surface area (Å²) in [4.78, 5) is 0. The van der Waals surface area contributed by atoms with Crippen LogP contribution in [0, 0.1) is 5.92 Å². The fraction of sp³-hybridized carbons (Fsp3) is 1.00. The third kappa shape index (κ3) is 6.53. The van der Waals surface area contributed by atoms with Crippen LogP contribution >= 0.6 is 0 Å². The summed E-state index contributed by atoms with van der Waals surface area (Å²) in [7, 11) is 0. The predicted molar refractivity (Wildman–Crippen MR) is 35.9 cm³/mol. The van der Waals surface area contributed by atoms with Gasteiger partial charge in [-0.3, -0.25) is 0 Å². The first-order valence-electron chi connectivity index (χ1n) is 3.09. The molecule has 0 aliphatic carbocycles. The molecule has 0 heterocycles. The summed E-state index contributed by atoms with van der Waals surface area (Å²) in [6.45, 7) is 6.86. The third-order valence-electron chi connectivity index (χ3n) is 0.927. The molecule has 1 heteroatoms. The lowest BCUT2D eigenvalue weighted by Gasteiger charge is -1.97. The minimum absolute atomic E-state index is 0.785. The lowest BCUT2D eigenvalue weighted by atomic mass is 10.3. The maximum absolute atomic E-state index is 2.29. The van der Waals surface area contributed by atoms with E-state index in [1.807, 2.05) is 0 Å². The molecular formula is C6H14Al. The fourth-order valence-electron chi connectivity index (χ4n) is 0.500. The Morgan fingerprint density at radius 3 is 2.14 bits per heavy atom. The van der Waals surface area contributed by atoms with E-state index < -0.39 is 0 Å². The van der Waals surface area contributed by atoms with Crippen LogP contribution in [0.5, 0.6) is 0 Å². The van der Waals surface area contributed by atoms with Crippen molar-refractivity contribution in [3.8, 4) is 0 Å². The molecule has 0 aliphatic heterocycles. The highest BCUT2D eigenvalue weighted by atomic mass is 27.1. The zero-order valence-corrected chi connectivity index (χ0v) is 6.72. The van der Waals surface area contributed by atoms with E-state index in [0.29, 0.717) is 0 Å². The first-order valence-corrected chi connectivity index (χ1v) is 4.72. The van der Waals surface area contributed by atoms with E-state index >= 15 is 0 Å². The van der Waals surface area contributed by atoms with Gasteiger partial charge in [-0.05, 0) is 0 Å². The van der Waals surface area contributed by atoms with Crippen molar-refractivity contribution in [2.24, 2.45) is 5.92 Å². The van der Waals surface area contributed by atoms with Crippen molar-refractivity contribution in [1.82, 2.24) is 0 Å². The van der Waals surface area contributed by atoms with E-state index in [9.17, 15) is 0 Å². The molecule has 0 aromatic rings. The molecule has 0 N–H and O–H groups in total. The van der Waals surface area contributed by atoms with Crippen molar-refractivity contribution in [3.63, 3.8) is 0 Å². The van der Waals surface area contributed by atoms with E-state index in [4.69, 9.17) is 0 Å². The second-order valence-corrected chi connectivity index (χ2v) is 4.19. The van der Waals surface area contributed by atoms with Gasteiger partial charge in [-0.2, -0.15) is 0 Å². The van der Waals surface area contributed by atoms with Crippen LogP contribution in [-0.4, -0.2) is 15.2 Å². The summed E-state index contributed by atoms with van der Waals surface area (Å²) < 4.78 is 0. The third-order valence-corrected chi connectivity index (χ3v) is 2.78. The van der Waals surface area contributed by atoms with Gasteiger partial charge in [0.1, 0.15) is 0 Å². The van der Waals surface area contributed by atoms with Crippen LogP contribution in [0.15, 0.2) is 0 Å². The van der Waals surface area contributed by atoms with Crippen molar-refractivity contribution in [2.45, 2.75) is 31.3 Å². The monoisotopic (exact) mass is 113 g/mol. The molecule has 0 rings (SSSR count). The molecule has 0 aromatic carbocycles. The summed E-state index contributed by atoms with van der Waals surface area (Å²) in [5, 5.41) is 2.91. The Hall–Kier alpha value is 0.532. The number of hydrogen-bond acceptors (Lipinski definition) is 0. The molecule has 0 fully saturated rings. The van der Waals surface area contributed by atoms with E-state index in [0.717, 1.165) is 21.1 Å². The molecular weight excluding hydrogens is 99.0 g/mol. The first-order chi connectivity index (χ1) is 3.27. The fourth-order valence-corrected chi connectivity index (χ4v) is 1.50. The number of rotatable bonds is 3. The maximum Gasteiger partial charge on any atom is 0.199 e. The molecule has 1 radical (unpaired) electrons. The van der Waals surface area contributed by atoms with Crippen LogP contribution in [0.25, 0.3) is 0 Å². The highest BCUT2D eigenvalue weighted by Crippen LogP contribution is 1.98. The minimum Gasteiger partial charge on any atom is -0.106 e. The molecule has 7 heavy (non-hydrogen) atoms. The Bertz CT molecular complexity index is 33.2.